The second-order valence-corrected chi connectivity index (χ2v) is 5.16. The summed E-state index contributed by atoms with van der Waals surface area (Å²) in [5.74, 6) is 0.537. The Morgan fingerprint density at radius 1 is 1.22 bits per heavy atom. The van der Waals surface area contributed by atoms with Crippen LogP contribution in [0.4, 0.5) is 13.2 Å². The molecule has 0 aliphatic heterocycles. The molecule has 0 aliphatic carbocycles. The molecule has 0 N–H and O–H groups in total. The van der Waals surface area contributed by atoms with E-state index in [9.17, 15) is 18.0 Å². The fraction of sp³-hybridized carbons (Fsp3) is 0.294. The molecule has 0 radical (unpaired) electrons. The minimum absolute atomic E-state index is 0.0943. The maximum Gasteiger partial charge on any atom is 0.433 e. The number of aromatic nitrogens is 1. The fourth-order valence-electron chi connectivity index (χ4n) is 2.14. The number of nitrogens with zero attached hydrogens (tertiary/aromatic N) is 1. The first-order chi connectivity index (χ1) is 10.8. The Hall–Kier alpha value is -2.37. The van der Waals surface area contributed by atoms with E-state index in [0.29, 0.717) is 23.3 Å². The van der Waals surface area contributed by atoms with E-state index in [-0.39, 0.29) is 12.2 Å². The van der Waals surface area contributed by atoms with Crippen LogP contribution in [0.15, 0.2) is 36.5 Å². The van der Waals surface area contributed by atoms with Crippen LogP contribution in [0.25, 0.3) is 0 Å². The minimum atomic E-state index is -4.45. The van der Waals surface area contributed by atoms with Crippen LogP contribution in [0.1, 0.15) is 33.6 Å². The highest BCUT2D eigenvalue weighted by Gasteiger charge is 2.31. The van der Waals surface area contributed by atoms with E-state index in [1.54, 1.807) is 18.2 Å². The molecule has 0 saturated heterocycles. The van der Waals surface area contributed by atoms with E-state index in [1.165, 1.54) is 13.2 Å². The fourth-order valence-corrected chi connectivity index (χ4v) is 2.14. The Kier molecular flexibility index (Phi) is 5.03. The van der Waals surface area contributed by atoms with Gasteiger partial charge in [-0.15, -0.1) is 0 Å². The van der Waals surface area contributed by atoms with Crippen LogP contribution in [0.3, 0.4) is 0 Å². The van der Waals surface area contributed by atoms with Gasteiger partial charge in [0.25, 0.3) is 0 Å². The number of carbonyl (C=O) groups is 1. The molecule has 0 unspecified atom stereocenters. The van der Waals surface area contributed by atoms with Gasteiger partial charge < -0.3 is 4.74 Å². The average molecular weight is 323 g/mol. The molecule has 23 heavy (non-hydrogen) atoms. The van der Waals surface area contributed by atoms with Crippen molar-refractivity contribution in [3.05, 3.63) is 58.9 Å². The lowest BCUT2D eigenvalue weighted by Crippen LogP contribution is -2.08. The number of hydrogen-bond acceptors (Lipinski definition) is 3. The highest BCUT2D eigenvalue weighted by molar-refractivity contribution is 5.96. The topological polar surface area (TPSA) is 39.2 Å². The molecule has 0 saturated carbocycles. The molecule has 0 aliphatic rings. The number of hydrogen-bond donors (Lipinski definition) is 0. The summed E-state index contributed by atoms with van der Waals surface area (Å²) >= 11 is 0. The summed E-state index contributed by atoms with van der Waals surface area (Å²) in [6, 6.07) is 7.45. The molecule has 1 aromatic heterocycles. The summed E-state index contributed by atoms with van der Waals surface area (Å²) in [6.45, 7) is 1.88. The predicted molar refractivity (Wildman–Crippen MR) is 79.6 cm³/mol. The lowest BCUT2D eigenvalue weighted by Gasteiger charge is -2.08. The Balaban J connectivity index is 2.02. The average Bonchev–Trinajstić information content (AvgIpc) is 2.52. The van der Waals surface area contributed by atoms with Crippen molar-refractivity contribution in [1.29, 1.82) is 0 Å². The van der Waals surface area contributed by atoms with Crippen molar-refractivity contribution in [2.75, 3.05) is 7.11 Å². The van der Waals surface area contributed by atoms with Crippen molar-refractivity contribution >= 4 is 5.78 Å². The smallest absolute Gasteiger partial charge is 0.433 e. The number of benzene rings is 1. The highest BCUT2D eigenvalue weighted by Crippen LogP contribution is 2.27. The lowest BCUT2D eigenvalue weighted by molar-refractivity contribution is -0.141. The zero-order valence-electron chi connectivity index (χ0n) is 12.8. The van der Waals surface area contributed by atoms with Gasteiger partial charge in [0.2, 0.25) is 0 Å². The molecular weight excluding hydrogens is 307 g/mol. The molecule has 122 valence electrons. The van der Waals surface area contributed by atoms with Crippen LogP contribution >= 0.6 is 0 Å². The Morgan fingerprint density at radius 3 is 2.52 bits per heavy atom. The van der Waals surface area contributed by atoms with Crippen LogP contribution < -0.4 is 4.74 Å². The first-order valence-electron chi connectivity index (χ1n) is 7.01. The third kappa shape index (κ3) is 4.31. The van der Waals surface area contributed by atoms with Gasteiger partial charge >= 0.3 is 6.18 Å². The number of Topliss-reactive ketones (excluding diaryl/α,β-unsaturated/α-hetero) is 1. The van der Waals surface area contributed by atoms with Gasteiger partial charge in [-0.05, 0) is 36.6 Å². The molecule has 2 rings (SSSR count). The zero-order valence-corrected chi connectivity index (χ0v) is 12.8. The van der Waals surface area contributed by atoms with Crippen molar-refractivity contribution in [3.63, 3.8) is 0 Å². The number of rotatable bonds is 5. The van der Waals surface area contributed by atoms with Crippen molar-refractivity contribution in [1.82, 2.24) is 4.98 Å². The van der Waals surface area contributed by atoms with E-state index in [1.807, 2.05) is 6.92 Å². The monoisotopic (exact) mass is 323 g/mol. The number of alkyl halides is 3. The van der Waals surface area contributed by atoms with Gasteiger partial charge in [-0.2, -0.15) is 13.2 Å². The maximum atomic E-state index is 12.4. The Bertz CT molecular complexity index is 694. The van der Waals surface area contributed by atoms with Crippen LogP contribution in [0, 0.1) is 6.92 Å². The van der Waals surface area contributed by atoms with E-state index < -0.39 is 11.9 Å². The first-order valence-corrected chi connectivity index (χ1v) is 7.01. The third-order valence-corrected chi connectivity index (χ3v) is 3.49. The molecule has 0 atom stereocenters. The lowest BCUT2D eigenvalue weighted by atomic mass is 10.0. The standard InChI is InChI=1S/C17H16F3NO2/c1-11-3-6-13(9-15(11)23-2)14(22)7-4-12-5-8-16(21-10-12)17(18,19)20/h3,5-6,8-10H,4,7H2,1-2H3. The maximum absolute atomic E-state index is 12.4. The number of ether oxygens (including phenoxy) is 1. The molecule has 3 nitrogen and oxygen atoms in total. The van der Waals surface area contributed by atoms with Crippen molar-refractivity contribution in [2.24, 2.45) is 0 Å². The summed E-state index contributed by atoms with van der Waals surface area (Å²) in [5, 5.41) is 0. The second kappa shape index (κ2) is 6.81. The molecule has 1 heterocycles. The van der Waals surface area contributed by atoms with E-state index in [4.69, 9.17) is 4.74 Å². The summed E-state index contributed by atoms with van der Waals surface area (Å²) in [7, 11) is 1.53. The molecule has 6 heteroatoms. The van der Waals surface area contributed by atoms with E-state index in [0.717, 1.165) is 17.8 Å². The highest BCUT2D eigenvalue weighted by atomic mass is 19.4. The predicted octanol–water partition coefficient (Wildman–Crippen LogP) is 4.23. The van der Waals surface area contributed by atoms with Gasteiger partial charge in [-0.3, -0.25) is 9.78 Å². The summed E-state index contributed by atoms with van der Waals surface area (Å²) < 4.78 is 42.5. The largest absolute Gasteiger partial charge is 0.496 e. The molecule has 0 amide bonds. The first kappa shape index (κ1) is 17.0. The Morgan fingerprint density at radius 2 is 1.96 bits per heavy atom. The molecule has 0 bridgehead atoms. The van der Waals surface area contributed by atoms with Gasteiger partial charge in [0, 0.05) is 18.2 Å². The van der Waals surface area contributed by atoms with Crippen molar-refractivity contribution in [3.8, 4) is 5.75 Å². The SMILES string of the molecule is COc1cc(C(=O)CCc2ccc(C(F)(F)F)nc2)ccc1C. The number of halogens is 3. The molecule has 0 fully saturated rings. The normalized spacial score (nSPS) is 11.3. The second-order valence-electron chi connectivity index (χ2n) is 5.16. The number of carbonyl (C=O) groups excluding carboxylic acids is 1. The van der Waals surface area contributed by atoms with Gasteiger partial charge in [0.15, 0.2) is 5.78 Å². The van der Waals surface area contributed by atoms with E-state index >= 15 is 0 Å². The van der Waals surface area contributed by atoms with Gasteiger partial charge in [0.05, 0.1) is 7.11 Å². The van der Waals surface area contributed by atoms with E-state index in [2.05, 4.69) is 4.98 Å². The zero-order chi connectivity index (χ0) is 17.0. The van der Waals surface area contributed by atoms with Crippen LogP contribution in [-0.2, 0) is 12.6 Å². The van der Waals surface area contributed by atoms with Gasteiger partial charge in [0.1, 0.15) is 11.4 Å². The summed E-state index contributed by atoms with van der Waals surface area (Å²) in [5.41, 5.74) is 1.10. The molecular formula is C17H16F3NO2. The number of ketones is 1. The quantitative estimate of drug-likeness (QED) is 0.773. The van der Waals surface area contributed by atoms with Crippen LogP contribution in [-0.4, -0.2) is 17.9 Å². The van der Waals surface area contributed by atoms with Gasteiger partial charge in [-0.25, -0.2) is 0 Å². The van der Waals surface area contributed by atoms with Crippen molar-refractivity contribution in [2.45, 2.75) is 25.9 Å². The molecule has 1 aromatic carbocycles. The number of methoxy groups -OCH3 is 1. The van der Waals surface area contributed by atoms with Crippen LogP contribution in [0.5, 0.6) is 5.75 Å². The molecule has 2 aromatic rings. The Labute approximate surface area is 132 Å². The minimum Gasteiger partial charge on any atom is -0.496 e. The number of pyridine rings is 1. The van der Waals surface area contributed by atoms with Crippen LogP contribution in [0.2, 0.25) is 0 Å². The number of aryl methyl sites for hydroxylation is 2. The summed E-state index contributed by atoms with van der Waals surface area (Å²) in [6.07, 6.45) is -2.77. The van der Waals surface area contributed by atoms with Crippen molar-refractivity contribution < 1.29 is 22.7 Å². The molecule has 0 spiro atoms. The summed E-state index contributed by atoms with van der Waals surface area (Å²) in [4.78, 5) is 15.6. The third-order valence-electron chi connectivity index (χ3n) is 3.49. The van der Waals surface area contributed by atoms with Gasteiger partial charge in [-0.1, -0.05) is 18.2 Å².